The van der Waals surface area contributed by atoms with Crippen LogP contribution in [-0.2, 0) is 11.2 Å². The molecule has 1 aliphatic rings. The minimum Gasteiger partial charge on any atom is -0.349 e. The van der Waals surface area contributed by atoms with Gasteiger partial charge < -0.3 is 5.32 Å². The van der Waals surface area contributed by atoms with Gasteiger partial charge in [-0.1, -0.05) is 41.9 Å². The number of thiazole rings is 1. The molecule has 1 atom stereocenters. The third-order valence-corrected chi connectivity index (χ3v) is 6.56. The van der Waals surface area contributed by atoms with Crippen LogP contribution >= 0.6 is 34.7 Å². The topological polar surface area (TPSA) is 42.0 Å². The lowest BCUT2D eigenvalue weighted by molar-refractivity contribution is -0.121. The Bertz CT molecular complexity index is 941. The summed E-state index contributed by atoms with van der Waals surface area (Å²) in [6, 6.07) is 16.0. The van der Waals surface area contributed by atoms with Crippen LogP contribution in [0.1, 0.15) is 23.7 Å². The van der Waals surface area contributed by atoms with Gasteiger partial charge in [-0.05, 0) is 30.2 Å². The average Bonchev–Trinajstić information content (AvgIpc) is 3.10. The van der Waals surface area contributed by atoms with Crippen LogP contribution in [0.25, 0.3) is 10.6 Å². The van der Waals surface area contributed by atoms with Crippen LogP contribution < -0.4 is 5.32 Å². The first-order valence-electron chi connectivity index (χ1n) is 8.40. The predicted molar refractivity (Wildman–Crippen MR) is 109 cm³/mol. The standard InChI is InChI=1S/C20H17ClN2OS2/c21-14-5-3-4-13(10-14)20-22-15(12-26-20)11-19(24)23-17-8-9-25-18-7-2-1-6-16(17)18/h1-7,10,12,17H,8-9,11H2,(H,23,24). The summed E-state index contributed by atoms with van der Waals surface area (Å²) in [6.07, 6.45) is 1.25. The van der Waals surface area contributed by atoms with Crippen molar-refractivity contribution in [2.24, 2.45) is 0 Å². The lowest BCUT2D eigenvalue weighted by Gasteiger charge is -2.25. The van der Waals surface area contributed by atoms with Crippen LogP contribution in [0.4, 0.5) is 0 Å². The normalized spacial score (nSPS) is 16.1. The van der Waals surface area contributed by atoms with Crippen molar-refractivity contribution in [1.29, 1.82) is 0 Å². The number of nitrogens with one attached hydrogen (secondary N) is 1. The fraction of sp³-hybridized carbons (Fsp3) is 0.200. The van der Waals surface area contributed by atoms with E-state index < -0.39 is 0 Å². The number of carbonyl (C=O) groups is 1. The molecule has 1 unspecified atom stereocenters. The minimum absolute atomic E-state index is 0.0136. The van der Waals surface area contributed by atoms with Gasteiger partial charge in [-0.15, -0.1) is 23.1 Å². The number of hydrogen-bond acceptors (Lipinski definition) is 4. The Morgan fingerprint density at radius 1 is 1.23 bits per heavy atom. The second-order valence-electron chi connectivity index (χ2n) is 6.13. The maximum absolute atomic E-state index is 12.5. The van der Waals surface area contributed by atoms with Gasteiger partial charge in [0.15, 0.2) is 0 Å². The molecule has 0 saturated heterocycles. The molecule has 0 saturated carbocycles. The Morgan fingerprint density at radius 3 is 3.00 bits per heavy atom. The van der Waals surface area contributed by atoms with Crippen LogP contribution in [0, 0.1) is 0 Å². The smallest absolute Gasteiger partial charge is 0.226 e. The molecule has 0 aliphatic carbocycles. The molecule has 1 aliphatic heterocycles. The highest BCUT2D eigenvalue weighted by Crippen LogP contribution is 2.35. The number of rotatable bonds is 4. The lowest BCUT2D eigenvalue weighted by atomic mass is 10.0. The van der Waals surface area contributed by atoms with Crippen molar-refractivity contribution in [3.63, 3.8) is 0 Å². The fourth-order valence-electron chi connectivity index (χ4n) is 3.04. The van der Waals surface area contributed by atoms with Crippen LogP contribution in [0.5, 0.6) is 0 Å². The van der Waals surface area contributed by atoms with Crippen molar-refractivity contribution in [1.82, 2.24) is 10.3 Å². The molecule has 26 heavy (non-hydrogen) atoms. The highest BCUT2D eigenvalue weighted by molar-refractivity contribution is 7.99. The first kappa shape index (κ1) is 17.6. The van der Waals surface area contributed by atoms with Gasteiger partial charge in [-0.3, -0.25) is 4.79 Å². The van der Waals surface area contributed by atoms with E-state index in [1.54, 1.807) is 0 Å². The van der Waals surface area contributed by atoms with Crippen molar-refractivity contribution in [3.8, 4) is 10.6 Å². The average molecular weight is 401 g/mol. The third-order valence-electron chi connectivity index (χ3n) is 4.26. The Balaban J connectivity index is 1.43. The zero-order chi connectivity index (χ0) is 17.9. The van der Waals surface area contributed by atoms with Crippen molar-refractivity contribution < 1.29 is 4.79 Å². The van der Waals surface area contributed by atoms with E-state index in [4.69, 9.17) is 11.6 Å². The highest BCUT2D eigenvalue weighted by Gasteiger charge is 2.22. The number of benzene rings is 2. The summed E-state index contributed by atoms with van der Waals surface area (Å²) in [4.78, 5) is 18.4. The number of halogens is 1. The van der Waals surface area contributed by atoms with Gasteiger partial charge in [0, 0.05) is 26.6 Å². The number of hydrogen-bond donors (Lipinski definition) is 1. The van der Waals surface area contributed by atoms with Crippen molar-refractivity contribution in [2.75, 3.05) is 5.75 Å². The largest absolute Gasteiger partial charge is 0.349 e. The first-order valence-corrected chi connectivity index (χ1v) is 10.6. The van der Waals surface area contributed by atoms with Gasteiger partial charge in [0.25, 0.3) is 0 Å². The monoisotopic (exact) mass is 400 g/mol. The van der Waals surface area contributed by atoms with Crippen LogP contribution in [0.3, 0.4) is 0 Å². The molecule has 1 aromatic heterocycles. The molecule has 1 amide bonds. The van der Waals surface area contributed by atoms with Crippen LogP contribution in [-0.4, -0.2) is 16.6 Å². The number of nitrogens with zero attached hydrogens (tertiary/aromatic N) is 1. The second-order valence-corrected chi connectivity index (χ2v) is 8.56. The summed E-state index contributed by atoms with van der Waals surface area (Å²) in [5.41, 5.74) is 2.99. The summed E-state index contributed by atoms with van der Waals surface area (Å²) in [7, 11) is 0. The molecular weight excluding hydrogens is 384 g/mol. The molecule has 1 N–H and O–H groups in total. The van der Waals surface area contributed by atoms with Gasteiger partial charge in [-0.25, -0.2) is 4.98 Å². The van der Waals surface area contributed by atoms with E-state index in [1.165, 1.54) is 21.8 Å². The zero-order valence-corrected chi connectivity index (χ0v) is 16.3. The summed E-state index contributed by atoms with van der Waals surface area (Å²) >= 11 is 9.43. The van der Waals surface area contributed by atoms with Gasteiger partial charge in [0.05, 0.1) is 18.2 Å². The van der Waals surface area contributed by atoms with E-state index >= 15 is 0 Å². The maximum atomic E-state index is 12.5. The quantitative estimate of drug-likeness (QED) is 0.641. The molecule has 2 heterocycles. The molecule has 0 radical (unpaired) electrons. The van der Waals surface area contributed by atoms with Crippen LogP contribution in [0.15, 0.2) is 58.8 Å². The summed E-state index contributed by atoms with van der Waals surface area (Å²) < 4.78 is 0. The van der Waals surface area contributed by atoms with Gasteiger partial charge >= 0.3 is 0 Å². The molecule has 3 nitrogen and oxygen atoms in total. The SMILES string of the molecule is O=C(Cc1csc(-c2cccc(Cl)c2)n1)NC1CCSc2ccccc21. The Morgan fingerprint density at radius 2 is 2.12 bits per heavy atom. The second kappa shape index (κ2) is 7.82. The third kappa shape index (κ3) is 3.95. The maximum Gasteiger partial charge on any atom is 0.226 e. The summed E-state index contributed by atoms with van der Waals surface area (Å²) in [5.74, 6) is 1.04. The Hall–Kier alpha value is -1.82. The number of thioether (sulfide) groups is 1. The van der Waals surface area contributed by atoms with E-state index in [1.807, 2.05) is 53.5 Å². The first-order chi connectivity index (χ1) is 12.7. The number of fused-ring (bicyclic) bond motifs is 1. The molecule has 2 aromatic carbocycles. The number of carbonyl (C=O) groups excluding carboxylic acids is 1. The van der Waals surface area contributed by atoms with Crippen molar-refractivity contribution in [2.45, 2.75) is 23.8 Å². The molecule has 6 heteroatoms. The van der Waals surface area contributed by atoms with E-state index in [9.17, 15) is 4.79 Å². The Labute approximate surface area is 165 Å². The fourth-order valence-corrected chi connectivity index (χ4v) is 5.18. The van der Waals surface area contributed by atoms with Gasteiger partial charge in [-0.2, -0.15) is 0 Å². The molecular formula is C20H17ClN2OS2. The van der Waals surface area contributed by atoms with Crippen molar-refractivity contribution >= 4 is 40.6 Å². The van der Waals surface area contributed by atoms with Gasteiger partial charge in [0.1, 0.15) is 5.01 Å². The van der Waals surface area contributed by atoms with E-state index in [-0.39, 0.29) is 11.9 Å². The molecule has 4 rings (SSSR count). The Kier molecular flexibility index (Phi) is 5.29. The number of aromatic nitrogens is 1. The molecule has 0 spiro atoms. The minimum atomic E-state index is 0.0136. The predicted octanol–water partition coefficient (Wildman–Crippen LogP) is 5.36. The summed E-state index contributed by atoms with van der Waals surface area (Å²) in [5, 5.41) is 6.69. The van der Waals surface area contributed by atoms with Crippen LogP contribution in [0.2, 0.25) is 5.02 Å². The van der Waals surface area contributed by atoms with E-state index in [2.05, 4.69) is 22.4 Å². The molecule has 0 fully saturated rings. The van der Waals surface area contributed by atoms with E-state index in [0.29, 0.717) is 11.4 Å². The molecule has 132 valence electrons. The van der Waals surface area contributed by atoms with Crippen molar-refractivity contribution in [3.05, 3.63) is 70.2 Å². The summed E-state index contributed by atoms with van der Waals surface area (Å²) in [6.45, 7) is 0. The highest BCUT2D eigenvalue weighted by atomic mass is 35.5. The van der Waals surface area contributed by atoms with E-state index in [0.717, 1.165) is 28.4 Å². The number of amides is 1. The van der Waals surface area contributed by atoms with Gasteiger partial charge in [0.2, 0.25) is 5.91 Å². The molecule has 3 aromatic rings. The molecule has 0 bridgehead atoms. The zero-order valence-electron chi connectivity index (χ0n) is 13.9. The lowest BCUT2D eigenvalue weighted by Crippen LogP contribution is -2.31.